The van der Waals surface area contributed by atoms with Gasteiger partial charge in [0.2, 0.25) is 5.01 Å². The summed E-state index contributed by atoms with van der Waals surface area (Å²) >= 11 is 7.07. The van der Waals surface area contributed by atoms with Gasteiger partial charge in [-0.05, 0) is 42.7 Å². The molecule has 0 aliphatic carbocycles. The van der Waals surface area contributed by atoms with E-state index in [1.807, 2.05) is 29.2 Å². The van der Waals surface area contributed by atoms with Crippen LogP contribution in [0.15, 0.2) is 24.3 Å². The summed E-state index contributed by atoms with van der Waals surface area (Å²) in [7, 11) is 0. The van der Waals surface area contributed by atoms with Crippen molar-refractivity contribution in [3.8, 4) is 0 Å². The Morgan fingerprint density at radius 2 is 1.86 bits per heavy atom. The fourth-order valence-corrected chi connectivity index (χ4v) is 3.10. The number of amides is 1. The highest BCUT2D eigenvalue weighted by atomic mass is 35.5. The highest BCUT2D eigenvalue weighted by molar-refractivity contribution is 7.07. The van der Waals surface area contributed by atoms with Gasteiger partial charge in [0.15, 0.2) is 0 Å². The van der Waals surface area contributed by atoms with Crippen LogP contribution >= 0.6 is 23.1 Å². The topological polar surface area (TPSA) is 49.3 Å². The molecule has 1 aromatic carbocycles. The van der Waals surface area contributed by atoms with Crippen molar-refractivity contribution in [1.82, 2.24) is 14.3 Å². The van der Waals surface area contributed by atoms with Crippen LogP contribution < -0.4 is 4.90 Å². The number of aromatic nitrogens is 2. The molecule has 1 fully saturated rings. The molecule has 1 aromatic heterocycles. The van der Waals surface area contributed by atoms with Crippen molar-refractivity contribution in [3.05, 3.63) is 40.1 Å². The Hall–Kier alpha value is -1.66. The fraction of sp³-hybridized carbons (Fsp3) is 0.357. The normalized spacial score (nSPS) is 15.3. The molecule has 5 nitrogen and oxygen atoms in total. The molecule has 0 atom stereocenters. The summed E-state index contributed by atoms with van der Waals surface area (Å²) in [5.41, 5.74) is 1.14. The van der Waals surface area contributed by atoms with E-state index in [0.717, 1.165) is 23.8 Å². The van der Waals surface area contributed by atoms with Gasteiger partial charge < -0.3 is 9.80 Å². The van der Waals surface area contributed by atoms with Gasteiger partial charge in [0.1, 0.15) is 5.82 Å². The third kappa shape index (κ3) is 3.16. The molecule has 3 rings (SSSR count). The third-order valence-corrected chi connectivity index (χ3v) is 4.52. The summed E-state index contributed by atoms with van der Waals surface area (Å²) in [4.78, 5) is 20.6. The Bertz CT molecular complexity index is 635. The van der Waals surface area contributed by atoms with Gasteiger partial charge in [-0.3, -0.25) is 4.79 Å². The number of carbonyl (C=O) groups excluding carboxylic acids is 1. The summed E-state index contributed by atoms with van der Waals surface area (Å²) in [6.45, 7) is 4.81. The number of rotatable bonds is 2. The highest BCUT2D eigenvalue weighted by Gasteiger charge is 2.24. The molecule has 1 saturated heterocycles. The molecular weight excluding hydrogens is 308 g/mol. The zero-order valence-electron chi connectivity index (χ0n) is 11.6. The van der Waals surface area contributed by atoms with Gasteiger partial charge in [0, 0.05) is 36.9 Å². The van der Waals surface area contributed by atoms with Gasteiger partial charge in [0.25, 0.3) is 5.91 Å². The fourth-order valence-electron chi connectivity index (χ4n) is 2.34. The SMILES string of the molecule is Cc1nsc(C(=O)N2CCN(c3ccc(Cl)cc3)CC2)n1. The monoisotopic (exact) mass is 322 g/mol. The second-order valence-electron chi connectivity index (χ2n) is 4.90. The van der Waals surface area contributed by atoms with Crippen molar-refractivity contribution in [1.29, 1.82) is 0 Å². The molecule has 7 heteroatoms. The van der Waals surface area contributed by atoms with Crippen LogP contribution in [0, 0.1) is 6.92 Å². The molecule has 0 spiro atoms. The Labute approximate surface area is 132 Å². The van der Waals surface area contributed by atoms with E-state index in [0.29, 0.717) is 23.9 Å². The van der Waals surface area contributed by atoms with Gasteiger partial charge in [-0.15, -0.1) is 0 Å². The van der Waals surface area contributed by atoms with Gasteiger partial charge in [-0.1, -0.05) is 11.6 Å². The number of nitrogens with zero attached hydrogens (tertiary/aromatic N) is 4. The number of aryl methyl sites for hydroxylation is 1. The van der Waals surface area contributed by atoms with Crippen molar-refractivity contribution in [3.63, 3.8) is 0 Å². The first-order valence-electron chi connectivity index (χ1n) is 6.73. The largest absolute Gasteiger partial charge is 0.368 e. The first-order valence-corrected chi connectivity index (χ1v) is 7.89. The van der Waals surface area contributed by atoms with E-state index in [4.69, 9.17) is 11.6 Å². The van der Waals surface area contributed by atoms with Gasteiger partial charge in [-0.2, -0.15) is 4.37 Å². The predicted octanol–water partition coefficient (Wildman–Crippen LogP) is 2.46. The van der Waals surface area contributed by atoms with Crippen LogP contribution in [-0.4, -0.2) is 46.3 Å². The Balaban J connectivity index is 1.62. The molecule has 110 valence electrons. The lowest BCUT2D eigenvalue weighted by Crippen LogP contribution is -2.48. The van der Waals surface area contributed by atoms with E-state index in [9.17, 15) is 4.79 Å². The molecule has 1 aliphatic heterocycles. The minimum absolute atomic E-state index is 0.0173. The van der Waals surface area contributed by atoms with E-state index in [2.05, 4.69) is 14.3 Å². The number of hydrogen-bond acceptors (Lipinski definition) is 5. The molecule has 0 saturated carbocycles. The van der Waals surface area contributed by atoms with Crippen molar-refractivity contribution in [2.24, 2.45) is 0 Å². The quantitative estimate of drug-likeness (QED) is 0.852. The summed E-state index contributed by atoms with van der Waals surface area (Å²) in [5, 5.41) is 1.21. The van der Waals surface area contributed by atoms with Crippen LogP contribution in [0.5, 0.6) is 0 Å². The average molecular weight is 323 g/mol. The minimum atomic E-state index is -0.0173. The maximum absolute atomic E-state index is 12.3. The van der Waals surface area contributed by atoms with Crippen LogP contribution in [0.2, 0.25) is 5.02 Å². The summed E-state index contributed by atoms with van der Waals surface area (Å²) < 4.78 is 4.06. The van der Waals surface area contributed by atoms with Gasteiger partial charge in [0.05, 0.1) is 0 Å². The van der Waals surface area contributed by atoms with Gasteiger partial charge >= 0.3 is 0 Å². The zero-order chi connectivity index (χ0) is 14.8. The second kappa shape index (κ2) is 5.99. The first-order chi connectivity index (χ1) is 10.1. The standard InChI is InChI=1S/C14H15ClN4OS/c1-10-16-13(21-17-10)14(20)19-8-6-18(7-9-19)12-4-2-11(15)3-5-12/h2-5H,6-9H2,1H3. The van der Waals surface area contributed by atoms with Crippen LogP contribution in [0.25, 0.3) is 0 Å². The minimum Gasteiger partial charge on any atom is -0.368 e. The number of carbonyl (C=O) groups is 1. The molecule has 0 unspecified atom stereocenters. The van der Waals surface area contributed by atoms with Crippen molar-refractivity contribution < 1.29 is 4.79 Å². The average Bonchev–Trinajstić information content (AvgIpc) is 2.94. The number of anilines is 1. The molecule has 1 amide bonds. The van der Waals surface area contributed by atoms with E-state index in [-0.39, 0.29) is 5.91 Å². The molecular formula is C14H15ClN4OS. The molecule has 0 bridgehead atoms. The van der Waals surface area contributed by atoms with Crippen LogP contribution in [-0.2, 0) is 0 Å². The molecule has 21 heavy (non-hydrogen) atoms. The number of piperazine rings is 1. The second-order valence-corrected chi connectivity index (χ2v) is 6.09. The molecule has 0 radical (unpaired) electrons. The Morgan fingerprint density at radius 3 is 2.43 bits per heavy atom. The lowest BCUT2D eigenvalue weighted by molar-refractivity contribution is 0.0746. The van der Waals surface area contributed by atoms with E-state index in [1.54, 1.807) is 6.92 Å². The van der Waals surface area contributed by atoms with Crippen LogP contribution in [0.3, 0.4) is 0 Å². The zero-order valence-corrected chi connectivity index (χ0v) is 13.2. The number of halogens is 1. The van der Waals surface area contributed by atoms with Gasteiger partial charge in [-0.25, -0.2) is 4.98 Å². The maximum atomic E-state index is 12.3. The smallest absolute Gasteiger partial charge is 0.284 e. The number of hydrogen-bond donors (Lipinski definition) is 0. The van der Waals surface area contributed by atoms with E-state index >= 15 is 0 Å². The lowest BCUT2D eigenvalue weighted by Gasteiger charge is -2.35. The van der Waals surface area contributed by atoms with Crippen LogP contribution in [0.1, 0.15) is 15.6 Å². The molecule has 0 N–H and O–H groups in total. The predicted molar refractivity (Wildman–Crippen MR) is 84.2 cm³/mol. The molecule has 1 aliphatic rings. The maximum Gasteiger partial charge on any atom is 0.284 e. The van der Waals surface area contributed by atoms with E-state index in [1.165, 1.54) is 11.5 Å². The first kappa shape index (κ1) is 14.3. The van der Waals surface area contributed by atoms with Crippen molar-refractivity contribution in [2.75, 3.05) is 31.1 Å². The summed E-state index contributed by atoms with van der Waals surface area (Å²) in [5.74, 6) is 0.638. The van der Waals surface area contributed by atoms with Crippen molar-refractivity contribution >= 4 is 34.7 Å². The van der Waals surface area contributed by atoms with E-state index < -0.39 is 0 Å². The number of benzene rings is 1. The summed E-state index contributed by atoms with van der Waals surface area (Å²) in [6.07, 6.45) is 0. The van der Waals surface area contributed by atoms with Crippen LogP contribution in [0.4, 0.5) is 5.69 Å². The van der Waals surface area contributed by atoms with Crippen molar-refractivity contribution in [2.45, 2.75) is 6.92 Å². The Morgan fingerprint density at radius 1 is 1.19 bits per heavy atom. The Kier molecular flexibility index (Phi) is 4.07. The molecule has 2 aromatic rings. The molecule has 2 heterocycles. The lowest BCUT2D eigenvalue weighted by atomic mass is 10.2. The third-order valence-electron chi connectivity index (χ3n) is 3.47. The highest BCUT2D eigenvalue weighted by Crippen LogP contribution is 2.20. The summed E-state index contributed by atoms with van der Waals surface area (Å²) in [6, 6.07) is 7.79.